The predicted molar refractivity (Wildman–Crippen MR) is 124 cm³/mol. The lowest BCUT2D eigenvalue weighted by molar-refractivity contribution is 0.176. The molecule has 0 N–H and O–H groups in total. The first kappa shape index (κ1) is 25.2. The maximum absolute atomic E-state index is 13.8. The first-order valence-corrected chi connectivity index (χ1v) is 11.9. The third-order valence-corrected chi connectivity index (χ3v) is 5.47. The molecule has 2 rings (SSSR count). The number of aromatic nitrogens is 2. The molecule has 1 heterocycles. The van der Waals surface area contributed by atoms with Crippen LogP contribution < -0.4 is 4.74 Å². The Bertz CT molecular complexity index is 706. The highest BCUT2D eigenvalue weighted by Gasteiger charge is 2.14. The number of unbranched alkanes of at least 4 members (excludes halogenated alkanes) is 5. The molecule has 0 amide bonds. The molecule has 0 spiro atoms. The van der Waals surface area contributed by atoms with Gasteiger partial charge in [0.15, 0.2) is 11.6 Å². The van der Waals surface area contributed by atoms with Gasteiger partial charge in [-0.2, -0.15) is 0 Å². The van der Waals surface area contributed by atoms with Crippen molar-refractivity contribution in [2.45, 2.75) is 96.8 Å². The number of alkyl halides is 2. The van der Waals surface area contributed by atoms with Gasteiger partial charge in [-0.15, -0.1) is 0 Å². The van der Waals surface area contributed by atoms with Crippen LogP contribution in [0.3, 0.4) is 0 Å². The highest BCUT2D eigenvalue weighted by Crippen LogP contribution is 2.19. The van der Waals surface area contributed by atoms with Crippen LogP contribution in [-0.2, 0) is 6.42 Å². The normalized spacial score (nSPS) is 13.2. The Morgan fingerprint density at radius 1 is 0.806 bits per heavy atom. The van der Waals surface area contributed by atoms with Gasteiger partial charge in [-0.05, 0) is 24.8 Å². The lowest BCUT2D eigenvalue weighted by Gasteiger charge is -2.12. The van der Waals surface area contributed by atoms with Crippen LogP contribution in [0, 0.1) is 0 Å². The second-order valence-electron chi connectivity index (χ2n) is 8.31. The summed E-state index contributed by atoms with van der Waals surface area (Å²) in [4.78, 5) is 8.73. The summed E-state index contributed by atoms with van der Waals surface area (Å²) >= 11 is 0. The number of hydrogen-bond acceptors (Lipinski definition) is 3. The lowest BCUT2D eigenvalue weighted by atomic mass is 10.0. The number of hydrogen-bond donors (Lipinski definition) is 0. The van der Waals surface area contributed by atoms with Crippen LogP contribution >= 0.6 is 0 Å². The van der Waals surface area contributed by atoms with Crippen LogP contribution in [0.15, 0.2) is 36.7 Å². The summed E-state index contributed by atoms with van der Waals surface area (Å²) in [5.74, 6) is 1.14. The molecule has 0 aliphatic rings. The molecule has 1 aromatic heterocycles. The van der Waals surface area contributed by atoms with Gasteiger partial charge in [0.2, 0.25) is 0 Å². The monoisotopic (exact) mass is 432 g/mol. The summed E-state index contributed by atoms with van der Waals surface area (Å²) in [6.45, 7) is 4.33. The van der Waals surface area contributed by atoms with E-state index in [-0.39, 0.29) is 19.4 Å². The van der Waals surface area contributed by atoms with Crippen molar-refractivity contribution in [3.8, 4) is 17.1 Å². The minimum atomic E-state index is -1.18. The maximum atomic E-state index is 13.8. The van der Waals surface area contributed by atoms with Crippen molar-refractivity contribution in [2.75, 3.05) is 6.61 Å². The zero-order valence-corrected chi connectivity index (χ0v) is 19.2. The number of halogens is 2. The Kier molecular flexibility index (Phi) is 12.1. The van der Waals surface area contributed by atoms with E-state index < -0.39 is 12.3 Å². The molecule has 0 bridgehead atoms. The van der Waals surface area contributed by atoms with Crippen molar-refractivity contribution in [3.05, 3.63) is 42.2 Å². The number of benzene rings is 1. The van der Waals surface area contributed by atoms with Crippen LogP contribution in [0.1, 0.15) is 83.6 Å². The molecule has 5 heteroatoms. The molecule has 31 heavy (non-hydrogen) atoms. The maximum Gasteiger partial charge on any atom is 0.159 e. The van der Waals surface area contributed by atoms with Crippen molar-refractivity contribution in [3.63, 3.8) is 0 Å². The number of aryl methyl sites for hydroxylation is 1. The van der Waals surface area contributed by atoms with E-state index in [0.717, 1.165) is 18.4 Å². The first-order chi connectivity index (χ1) is 15.1. The summed E-state index contributed by atoms with van der Waals surface area (Å²) in [6.07, 6.45) is 11.2. The number of ether oxygens (including phenoxy) is 1. The van der Waals surface area contributed by atoms with Crippen LogP contribution in [0.2, 0.25) is 0 Å². The van der Waals surface area contributed by atoms with E-state index in [1.807, 2.05) is 6.92 Å². The summed E-state index contributed by atoms with van der Waals surface area (Å²) in [5, 5.41) is 0. The van der Waals surface area contributed by atoms with Gasteiger partial charge in [0.25, 0.3) is 0 Å². The first-order valence-electron chi connectivity index (χ1n) is 11.9. The highest BCUT2D eigenvalue weighted by molar-refractivity contribution is 5.55. The average molecular weight is 433 g/mol. The molecule has 0 radical (unpaired) electrons. The predicted octanol–water partition coefficient (Wildman–Crippen LogP) is 7.68. The molecule has 0 fully saturated rings. The molecular weight excluding hydrogens is 394 g/mol. The van der Waals surface area contributed by atoms with Gasteiger partial charge in [0.05, 0.1) is 19.0 Å². The van der Waals surface area contributed by atoms with Gasteiger partial charge in [0.1, 0.15) is 12.3 Å². The Morgan fingerprint density at radius 3 is 2.13 bits per heavy atom. The molecule has 0 saturated carbocycles. The minimum Gasteiger partial charge on any atom is -0.490 e. The fourth-order valence-corrected chi connectivity index (χ4v) is 3.60. The van der Waals surface area contributed by atoms with Gasteiger partial charge in [-0.25, -0.2) is 18.7 Å². The van der Waals surface area contributed by atoms with Crippen molar-refractivity contribution < 1.29 is 13.5 Å². The zero-order valence-electron chi connectivity index (χ0n) is 19.2. The van der Waals surface area contributed by atoms with E-state index in [2.05, 4.69) is 41.2 Å². The van der Waals surface area contributed by atoms with Crippen molar-refractivity contribution in [2.24, 2.45) is 0 Å². The Balaban J connectivity index is 1.72. The van der Waals surface area contributed by atoms with Gasteiger partial charge in [-0.1, -0.05) is 76.6 Å². The molecule has 2 atom stereocenters. The number of nitrogens with zero attached hydrogens (tertiary/aromatic N) is 2. The van der Waals surface area contributed by atoms with Gasteiger partial charge in [0, 0.05) is 18.4 Å². The second-order valence-corrected chi connectivity index (χ2v) is 8.31. The fraction of sp³-hybridized carbons (Fsp3) is 0.615. The van der Waals surface area contributed by atoms with Gasteiger partial charge >= 0.3 is 0 Å². The third kappa shape index (κ3) is 10.2. The van der Waals surface area contributed by atoms with Crippen LogP contribution in [0.5, 0.6) is 5.75 Å². The fourth-order valence-electron chi connectivity index (χ4n) is 3.60. The third-order valence-electron chi connectivity index (χ3n) is 5.47. The van der Waals surface area contributed by atoms with E-state index >= 15 is 0 Å². The molecule has 0 saturated heterocycles. The van der Waals surface area contributed by atoms with Crippen LogP contribution in [0.4, 0.5) is 8.78 Å². The largest absolute Gasteiger partial charge is 0.490 e. The topological polar surface area (TPSA) is 35.0 Å². The highest BCUT2D eigenvalue weighted by atomic mass is 19.1. The molecular formula is C26H38F2N2O. The minimum absolute atomic E-state index is 0.0541. The quantitative estimate of drug-likeness (QED) is 0.255. The van der Waals surface area contributed by atoms with E-state index in [1.165, 1.54) is 44.1 Å². The number of rotatable bonds is 16. The van der Waals surface area contributed by atoms with Crippen molar-refractivity contribution >= 4 is 0 Å². The van der Waals surface area contributed by atoms with Crippen LogP contribution in [-0.4, -0.2) is 28.9 Å². The molecule has 0 aliphatic heterocycles. The summed E-state index contributed by atoms with van der Waals surface area (Å²) < 4.78 is 32.8. The summed E-state index contributed by atoms with van der Waals surface area (Å²) in [5.41, 5.74) is 2.31. The smallest absolute Gasteiger partial charge is 0.159 e. The van der Waals surface area contributed by atoms with Crippen LogP contribution in [0.25, 0.3) is 11.4 Å². The SMILES string of the molecule is CCCCCCCCc1ccc(-c2ncc(OCCC(F)CC(F)CCC)cn2)cc1. The van der Waals surface area contributed by atoms with E-state index in [4.69, 9.17) is 4.74 Å². The van der Waals surface area contributed by atoms with E-state index in [1.54, 1.807) is 12.4 Å². The molecule has 1 aromatic carbocycles. The standard InChI is InChI=1S/C26H38F2N2O/c1-3-5-6-7-8-9-11-21-12-14-22(15-13-21)26-29-19-25(20-30-26)31-17-16-24(28)18-23(27)10-4-2/h12-15,19-20,23-24H,3-11,16-18H2,1-2H3. The molecule has 2 unspecified atom stereocenters. The van der Waals surface area contributed by atoms with E-state index in [0.29, 0.717) is 18.0 Å². The lowest BCUT2D eigenvalue weighted by Crippen LogP contribution is -2.13. The zero-order chi connectivity index (χ0) is 22.3. The van der Waals surface area contributed by atoms with Crippen molar-refractivity contribution in [1.29, 1.82) is 0 Å². The molecule has 172 valence electrons. The van der Waals surface area contributed by atoms with Crippen molar-refractivity contribution in [1.82, 2.24) is 9.97 Å². The Morgan fingerprint density at radius 2 is 1.45 bits per heavy atom. The molecule has 3 nitrogen and oxygen atoms in total. The molecule has 0 aliphatic carbocycles. The van der Waals surface area contributed by atoms with Gasteiger partial charge in [-0.3, -0.25) is 0 Å². The summed E-state index contributed by atoms with van der Waals surface area (Å²) in [7, 11) is 0. The van der Waals surface area contributed by atoms with Gasteiger partial charge < -0.3 is 4.74 Å². The summed E-state index contributed by atoms with van der Waals surface area (Å²) in [6, 6.07) is 8.40. The Labute approximate surface area is 186 Å². The Hall–Kier alpha value is -2.04. The second kappa shape index (κ2) is 14.9. The average Bonchev–Trinajstić information content (AvgIpc) is 2.77. The molecule has 2 aromatic rings. The van der Waals surface area contributed by atoms with E-state index in [9.17, 15) is 8.78 Å².